The van der Waals surface area contributed by atoms with Crippen molar-refractivity contribution in [2.24, 2.45) is 0 Å². The summed E-state index contributed by atoms with van der Waals surface area (Å²) in [6, 6.07) is 38.0. The molecule has 0 saturated heterocycles. The Morgan fingerprint density at radius 1 is 0.778 bits per heavy atom. The van der Waals surface area contributed by atoms with Gasteiger partial charge in [0.1, 0.15) is 11.6 Å². The van der Waals surface area contributed by atoms with Crippen LogP contribution in [0, 0.1) is 0 Å². The van der Waals surface area contributed by atoms with Gasteiger partial charge in [0, 0.05) is 21.9 Å². The number of thioether (sulfide) groups is 1. The molecule has 1 N–H and O–H groups in total. The van der Waals surface area contributed by atoms with Crippen molar-refractivity contribution in [3.63, 3.8) is 0 Å². The smallest absolute Gasteiger partial charge is 0.124 e. The molecule has 3 unspecified atom stereocenters. The molecule has 1 aliphatic heterocycles. The second kappa shape index (κ2) is 8.51. The van der Waals surface area contributed by atoms with Gasteiger partial charge >= 0.3 is 0 Å². The average Bonchev–Trinajstić information content (AvgIpc) is 3.36. The molecule has 0 bridgehead atoms. The van der Waals surface area contributed by atoms with Crippen LogP contribution < -0.4 is 0 Å². The number of aromatic nitrogens is 2. The highest BCUT2D eigenvalue weighted by Gasteiger charge is 2.47. The number of aliphatic hydroxyl groups excluding tert-OH is 1. The van der Waals surface area contributed by atoms with Gasteiger partial charge in [0.05, 0.1) is 12.0 Å². The van der Waals surface area contributed by atoms with Crippen molar-refractivity contribution in [1.29, 1.82) is 0 Å². The molecule has 2 heterocycles. The largest absolute Gasteiger partial charge is 0.382 e. The highest BCUT2D eigenvalue weighted by Crippen LogP contribution is 2.62. The number of benzene rings is 4. The molecule has 1 saturated carbocycles. The number of imidazole rings is 1. The van der Waals surface area contributed by atoms with E-state index in [9.17, 15) is 5.11 Å². The summed E-state index contributed by atoms with van der Waals surface area (Å²) in [6.07, 6.45) is 4.39. The summed E-state index contributed by atoms with van der Waals surface area (Å²) in [5.41, 5.74) is 5.81. The van der Waals surface area contributed by atoms with Gasteiger partial charge in [0.25, 0.3) is 0 Å². The number of nitrogens with zero attached hydrogens (tertiary/aromatic N) is 2. The van der Waals surface area contributed by atoms with E-state index in [0.717, 1.165) is 22.3 Å². The SMILES string of the molecule is OC(c1cn(C(c2ccccc2)(c2ccccc2)c2ccccc2)cn1)c1cccc2c1SC1CC21. The summed E-state index contributed by atoms with van der Waals surface area (Å²) in [6.45, 7) is 0. The molecule has 0 amide bonds. The van der Waals surface area contributed by atoms with Crippen LogP contribution in [-0.2, 0) is 5.54 Å². The van der Waals surface area contributed by atoms with Gasteiger partial charge in [-0.2, -0.15) is 0 Å². The van der Waals surface area contributed by atoms with Gasteiger partial charge < -0.3 is 9.67 Å². The third-order valence-electron chi connectivity index (χ3n) is 7.62. The Labute approximate surface area is 215 Å². The van der Waals surface area contributed by atoms with E-state index in [0.29, 0.717) is 16.9 Å². The van der Waals surface area contributed by atoms with Gasteiger partial charge in [0.2, 0.25) is 0 Å². The summed E-state index contributed by atoms with van der Waals surface area (Å²) < 4.78 is 2.17. The van der Waals surface area contributed by atoms with Crippen LogP contribution in [0.15, 0.2) is 127 Å². The lowest BCUT2D eigenvalue weighted by Crippen LogP contribution is -2.37. The van der Waals surface area contributed by atoms with Crippen molar-refractivity contribution in [3.05, 3.63) is 155 Å². The fourth-order valence-corrected chi connectivity index (χ4v) is 7.39. The number of fused-ring (bicyclic) bond motifs is 3. The first-order valence-electron chi connectivity index (χ1n) is 12.5. The second-order valence-corrected chi connectivity index (χ2v) is 10.9. The van der Waals surface area contributed by atoms with Crippen LogP contribution in [0.1, 0.15) is 52.0 Å². The maximum atomic E-state index is 11.6. The lowest BCUT2D eigenvalue weighted by Gasteiger charge is -2.37. The Morgan fingerprint density at radius 2 is 1.36 bits per heavy atom. The molecule has 1 fully saturated rings. The summed E-state index contributed by atoms with van der Waals surface area (Å²) in [4.78, 5) is 6.05. The van der Waals surface area contributed by atoms with E-state index in [2.05, 4.69) is 95.6 Å². The molecule has 0 radical (unpaired) electrons. The zero-order valence-corrected chi connectivity index (χ0v) is 20.6. The molecule has 2 aliphatic rings. The monoisotopic (exact) mass is 486 g/mol. The first kappa shape index (κ1) is 21.7. The lowest BCUT2D eigenvalue weighted by molar-refractivity contribution is 0.212. The molecule has 5 aromatic rings. The van der Waals surface area contributed by atoms with E-state index >= 15 is 0 Å². The van der Waals surface area contributed by atoms with Gasteiger partial charge in [-0.3, -0.25) is 0 Å². The highest BCUT2D eigenvalue weighted by molar-refractivity contribution is 8.00. The summed E-state index contributed by atoms with van der Waals surface area (Å²) in [5.74, 6) is 0.664. The maximum Gasteiger partial charge on any atom is 0.124 e. The van der Waals surface area contributed by atoms with Crippen LogP contribution in [0.5, 0.6) is 0 Å². The number of rotatable bonds is 6. The minimum absolute atomic E-state index is 0.635. The van der Waals surface area contributed by atoms with Crippen LogP contribution in [0.2, 0.25) is 0 Å². The summed E-state index contributed by atoms with van der Waals surface area (Å²) >= 11 is 1.92. The van der Waals surface area contributed by atoms with Gasteiger partial charge in [0.15, 0.2) is 0 Å². The molecule has 3 atom stereocenters. The van der Waals surface area contributed by atoms with Gasteiger partial charge in [-0.1, -0.05) is 109 Å². The van der Waals surface area contributed by atoms with E-state index in [1.54, 1.807) is 0 Å². The Hall–Kier alpha value is -3.60. The Morgan fingerprint density at radius 3 is 1.94 bits per heavy atom. The molecule has 1 aliphatic carbocycles. The van der Waals surface area contributed by atoms with Crippen molar-refractivity contribution >= 4 is 11.8 Å². The van der Waals surface area contributed by atoms with Crippen LogP contribution in [0.25, 0.3) is 0 Å². The molecule has 0 spiro atoms. The average molecular weight is 487 g/mol. The maximum absolute atomic E-state index is 11.6. The van der Waals surface area contributed by atoms with Crippen molar-refractivity contribution in [3.8, 4) is 0 Å². The minimum atomic E-state index is -0.772. The fourth-order valence-electron chi connectivity index (χ4n) is 5.80. The molecule has 3 nitrogen and oxygen atoms in total. The summed E-state index contributed by atoms with van der Waals surface area (Å²) in [5, 5.41) is 12.2. The first-order valence-corrected chi connectivity index (χ1v) is 13.3. The molecule has 4 aromatic carbocycles. The van der Waals surface area contributed by atoms with Gasteiger partial charge in [-0.05, 0) is 34.6 Å². The minimum Gasteiger partial charge on any atom is -0.382 e. The van der Waals surface area contributed by atoms with Crippen molar-refractivity contribution in [1.82, 2.24) is 9.55 Å². The van der Waals surface area contributed by atoms with Crippen molar-refractivity contribution in [2.45, 2.75) is 34.1 Å². The van der Waals surface area contributed by atoms with Gasteiger partial charge in [-0.25, -0.2) is 4.98 Å². The molecule has 7 rings (SSSR count). The molecule has 1 aromatic heterocycles. The molecule has 36 heavy (non-hydrogen) atoms. The topological polar surface area (TPSA) is 38.0 Å². The molecule has 176 valence electrons. The van der Waals surface area contributed by atoms with Gasteiger partial charge in [-0.15, -0.1) is 11.8 Å². The third-order valence-corrected chi connectivity index (χ3v) is 9.15. The van der Waals surface area contributed by atoms with E-state index in [1.807, 2.05) is 42.5 Å². The Kier molecular flexibility index (Phi) is 5.12. The lowest BCUT2D eigenvalue weighted by atomic mass is 9.77. The zero-order valence-electron chi connectivity index (χ0n) is 19.7. The number of hydrogen-bond donors (Lipinski definition) is 1. The quantitative estimate of drug-likeness (QED) is 0.269. The van der Waals surface area contributed by atoms with Crippen LogP contribution in [0.4, 0.5) is 0 Å². The fraction of sp³-hybridized carbons (Fsp3) is 0.156. The van der Waals surface area contributed by atoms with Crippen LogP contribution in [0.3, 0.4) is 0 Å². The highest BCUT2D eigenvalue weighted by atomic mass is 32.2. The Balaban J connectivity index is 1.41. The van der Waals surface area contributed by atoms with Crippen molar-refractivity contribution in [2.75, 3.05) is 0 Å². The van der Waals surface area contributed by atoms with E-state index < -0.39 is 11.6 Å². The Bertz CT molecular complexity index is 1420. The van der Waals surface area contributed by atoms with E-state index in [1.165, 1.54) is 16.9 Å². The normalized spacial score (nSPS) is 18.9. The number of aliphatic hydroxyl groups is 1. The summed E-state index contributed by atoms with van der Waals surface area (Å²) in [7, 11) is 0. The predicted molar refractivity (Wildman–Crippen MR) is 144 cm³/mol. The predicted octanol–water partition coefficient (Wildman–Crippen LogP) is 6.77. The standard InChI is InChI=1S/C32H26N2OS/c35-30(26-18-10-17-25-27-19-29(27)36-31(25)26)28-20-34(21-33-28)32(22-11-4-1-5-12-22,23-13-6-2-7-14-23)24-15-8-3-9-16-24/h1-18,20-21,27,29-30,35H,19H2. The zero-order chi connectivity index (χ0) is 24.1. The number of hydrogen-bond acceptors (Lipinski definition) is 3. The molecular formula is C32H26N2OS. The van der Waals surface area contributed by atoms with Crippen LogP contribution in [-0.4, -0.2) is 19.9 Å². The molecule has 4 heteroatoms. The van der Waals surface area contributed by atoms with Crippen molar-refractivity contribution < 1.29 is 5.11 Å². The molecular weight excluding hydrogens is 460 g/mol. The second-order valence-electron chi connectivity index (χ2n) is 9.68. The third kappa shape index (κ3) is 3.29. The van der Waals surface area contributed by atoms with Crippen LogP contribution >= 0.6 is 11.8 Å². The first-order chi connectivity index (χ1) is 17.8. The van der Waals surface area contributed by atoms with E-state index in [-0.39, 0.29) is 0 Å². The van der Waals surface area contributed by atoms with E-state index in [4.69, 9.17) is 4.98 Å².